The number of ether oxygens (including phenoxy) is 1. The number of aromatic nitrogens is 2. The number of nitrogens with two attached hydrogens (primary N) is 1. The van der Waals surface area contributed by atoms with Crippen LogP contribution in [-0.4, -0.2) is 35.1 Å². The van der Waals surface area contributed by atoms with Crippen molar-refractivity contribution in [1.82, 2.24) is 14.9 Å². The summed E-state index contributed by atoms with van der Waals surface area (Å²) < 4.78 is 5.14. The first-order chi connectivity index (χ1) is 8.78. The molecule has 0 saturated carbocycles. The Balaban J connectivity index is 1.95. The third kappa shape index (κ3) is 4.02. The first-order valence-electron chi connectivity index (χ1n) is 5.57. The highest BCUT2D eigenvalue weighted by Crippen LogP contribution is 2.18. The Kier molecular flexibility index (Phi) is 5.06. The number of anilines is 1. The molecule has 2 aromatic rings. The summed E-state index contributed by atoms with van der Waals surface area (Å²) in [6.45, 7) is 3.32. The summed E-state index contributed by atoms with van der Waals surface area (Å²) in [6, 6.07) is 0. The first kappa shape index (κ1) is 13.4. The standard InChI is InChI=1S/C11H16N4OS2/c1-16-3-2-15(6-9-4-13-8-17-9)7-10-5-14-11(12)18-10/h4-5,8H,2-3,6-7H2,1H3,(H2,12,14). The molecule has 18 heavy (non-hydrogen) atoms. The van der Waals surface area contributed by atoms with Gasteiger partial charge in [-0.25, -0.2) is 4.98 Å². The van der Waals surface area contributed by atoms with E-state index in [-0.39, 0.29) is 0 Å². The van der Waals surface area contributed by atoms with E-state index in [1.807, 2.05) is 17.9 Å². The molecule has 2 aromatic heterocycles. The summed E-state index contributed by atoms with van der Waals surface area (Å²) in [5.74, 6) is 0. The topological polar surface area (TPSA) is 64.3 Å². The monoisotopic (exact) mass is 284 g/mol. The summed E-state index contributed by atoms with van der Waals surface area (Å²) in [4.78, 5) is 12.9. The highest BCUT2D eigenvalue weighted by Gasteiger charge is 2.10. The molecule has 0 unspecified atom stereocenters. The minimum Gasteiger partial charge on any atom is -0.383 e. The molecular formula is C11H16N4OS2. The summed E-state index contributed by atoms with van der Waals surface area (Å²) in [5, 5.41) is 0.620. The third-order valence-electron chi connectivity index (χ3n) is 2.43. The molecule has 7 heteroatoms. The number of rotatable bonds is 7. The molecule has 0 aliphatic carbocycles. The number of nitrogens with zero attached hydrogens (tertiary/aromatic N) is 3. The van der Waals surface area contributed by atoms with Crippen LogP contribution in [0.4, 0.5) is 5.13 Å². The van der Waals surface area contributed by atoms with Crippen molar-refractivity contribution < 1.29 is 4.74 Å². The van der Waals surface area contributed by atoms with Gasteiger partial charge >= 0.3 is 0 Å². The van der Waals surface area contributed by atoms with Crippen LogP contribution in [0.2, 0.25) is 0 Å². The van der Waals surface area contributed by atoms with E-state index in [2.05, 4.69) is 14.9 Å². The van der Waals surface area contributed by atoms with Gasteiger partial charge in [-0.05, 0) is 0 Å². The van der Waals surface area contributed by atoms with Crippen molar-refractivity contribution in [2.75, 3.05) is 26.0 Å². The van der Waals surface area contributed by atoms with E-state index < -0.39 is 0 Å². The molecule has 2 heterocycles. The van der Waals surface area contributed by atoms with Gasteiger partial charge in [0.25, 0.3) is 0 Å². The fourth-order valence-electron chi connectivity index (χ4n) is 1.59. The molecule has 98 valence electrons. The van der Waals surface area contributed by atoms with Crippen molar-refractivity contribution in [3.05, 3.63) is 27.7 Å². The van der Waals surface area contributed by atoms with Gasteiger partial charge in [0.2, 0.25) is 0 Å². The van der Waals surface area contributed by atoms with Crippen molar-refractivity contribution in [2.45, 2.75) is 13.1 Å². The van der Waals surface area contributed by atoms with Crippen LogP contribution in [0.5, 0.6) is 0 Å². The lowest BCUT2D eigenvalue weighted by Crippen LogP contribution is -2.25. The van der Waals surface area contributed by atoms with Gasteiger partial charge in [0, 0.05) is 48.9 Å². The van der Waals surface area contributed by atoms with Crippen LogP contribution in [0.3, 0.4) is 0 Å². The number of hydrogen-bond donors (Lipinski definition) is 1. The highest BCUT2D eigenvalue weighted by molar-refractivity contribution is 7.15. The molecule has 2 rings (SSSR count). The molecule has 0 aromatic carbocycles. The molecule has 5 nitrogen and oxygen atoms in total. The smallest absolute Gasteiger partial charge is 0.180 e. The van der Waals surface area contributed by atoms with Crippen LogP contribution < -0.4 is 5.73 Å². The van der Waals surface area contributed by atoms with Gasteiger partial charge in [0.15, 0.2) is 5.13 Å². The second-order valence-electron chi connectivity index (χ2n) is 3.84. The summed E-state index contributed by atoms with van der Waals surface area (Å²) >= 11 is 3.20. The molecule has 0 radical (unpaired) electrons. The van der Waals surface area contributed by atoms with Crippen LogP contribution in [0.25, 0.3) is 0 Å². The second-order valence-corrected chi connectivity index (χ2v) is 5.95. The van der Waals surface area contributed by atoms with E-state index in [1.165, 1.54) is 21.1 Å². The molecule has 2 N–H and O–H groups in total. The average molecular weight is 284 g/mol. The SMILES string of the molecule is COCCN(Cc1cncs1)Cc1cnc(N)s1. The van der Waals surface area contributed by atoms with E-state index in [0.29, 0.717) is 11.7 Å². The Morgan fingerprint density at radius 3 is 2.78 bits per heavy atom. The van der Waals surface area contributed by atoms with Crippen LogP contribution in [0.1, 0.15) is 9.75 Å². The summed E-state index contributed by atoms with van der Waals surface area (Å²) in [7, 11) is 1.72. The van der Waals surface area contributed by atoms with Crippen LogP contribution in [0, 0.1) is 0 Å². The second kappa shape index (κ2) is 6.79. The lowest BCUT2D eigenvalue weighted by atomic mass is 10.4. The molecule has 0 amide bonds. The zero-order valence-electron chi connectivity index (χ0n) is 10.2. The molecule has 0 atom stereocenters. The highest BCUT2D eigenvalue weighted by atomic mass is 32.1. The van der Waals surface area contributed by atoms with Gasteiger partial charge in [0.1, 0.15) is 0 Å². The molecule has 0 saturated heterocycles. The lowest BCUT2D eigenvalue weighted by molar-refractivity contribution is 0.141. The third-order valence-corrected chi connectivity index (χ3v) is 4.00. The largest absolute Gasteiger partial charge is 0.383 e. The van der Waals surface area contributed by atoms with Crippen LogP contribution in [0.15, 0.2) is 17.9 Å². The zero-order valence-corrected chi connectivity index (χ0v) is 11.8. The maximum absolute atomic E-state index is 5.65. The van der Waals surface area contributed by atoms with E-state index in [4.69, 9.17) is 10.5 Å². The van der Waals surface area contributed by atoms with Crippen molar-refractivity contribution in [1.29, 1.82) is 0 Å². The molecule has 0 aliphatic rings. The number of thiazole rings is 2. The van der Waals surface area contributed by atoms with E-state index >= 15 is 0 Å². The molecule has 0 fully saturated rings. The Bertz CT molecular complexity index is 457. The van der Waals surface area contributed by atoms with Crippen molar-refractivity contribution in [3.8, 4) is 0 Å². The summed E-state index contributed by atoms with van der Waals surface area (Å²) in [5.41, 5.74) is 7.50. The maximum Gasteiger partial charge on any atom is 0.180 e. The zero-order chi connectivity index (χ0) is 12.8. The number of hydrogen-bond acceptors (Lipinski definition) is 7. The summed E-state index contributed by atoms with van der Waals surface area (Å²) in [6.07, 6.45) is 3.75. The number of methoxy groups -OCH3 is 1. The predicted octanol–water partition coefficient (Wildman–Crippen LogP) is 1.83. The molecule has 0 bridgehead atoms. The molecule has 0 spiro atoms. The van der Waals surface area contributed by atoms with Crippen molar-refractivity contribution in [3.63, 3.8) is 0 Å². The van der Waals surface area contributed by atoms with Gasteiger partial charge in [-0.2, -0.15) is 0 Å². The van der Waals surface area contributed by atoms with Crippen LogP contribution in [-0.2, 0) is 17.8 Å². The maximum atomic E-state index is 5.65. The van der Waals surface area contributed by atoms with Crippen LogP contribution >= 0.6 is 22.7 Å². The van der Waals surface area contributed by atoms with Gasteiger partial charge < -0.3 is 10.5 Å². The van der Waals surface area contributed by atoms with Gasteiger partial charge in [-0.1, -0.05) is 0 Å². The Labute approximate surface area is 114 Å². The van der Waals surface area contributed by atoms with E-state index in [9.17, 15) is 0 Å². The van der Waals surface area contributed by atoms with Crippen molar-refractivity contribution >= 4 is 27.8 Å². The molecular weight excluding hydrogens is 268 g/mol. The fraction of sp³-hybridized carbons (Fsp3) is 0.455. The fourth-order valence-corrected chi connectivity index (χ4v) is 2.95. The minimum atomic E-state index is 0.620. The van der Waals surface area contributed by atoms with E-state index in [1.54, 1.807) is 18.4 Å². The Morgan fingerprint density at radius 1 is 1.33 bits per heavy atom. The quantitative estimate of drug-likeness (QED) is 0.840. The average Bonchev–Trinajstić information content (AvgIpc) is 2.98. The number of nitrogen functional groups attached to an aromatic ring is 1. The van der Waals surface area contributed by atoms with Gasteiger partial charge in [0.05, 0.1) is 12.1 Å². The first-order valence-corrected chi connectivity index (χ1v) is 7.26. The predicted molar refractivity (Wildman–Crippen MR) is 74.6 cm³/mol. The molecule has 0 aliphatic heterocycles. The minimum absolute atomic E-state index is 0.620. The van der Waals surface area contributed by atoms with Gasteiger partial charge in [-0.15, -0.1) is 22.7 Å². The van der Waals surface area contributed by atoms with Crippen molar-refractivity contribution in [2.24, 2.45) is 0 Å². The Hall–Kier alpha value is -1.02. The normalized spacial score (nSPS) is 11.2. The lowest BCUT2D eigenvalue weighted by Gasteiger charge is -2.19. The van der Waals surface area contributed by atoms with Gasteiger partial charge in [-0.3, -0.25) is 9.88 Å². The Morgan fingerprint density at radius 2 is 2.17 bits per heavy atom. The van der Waals surface area contributed by atoms with E-state index in [0.717, 1.165) is 19.6 Å².